The zero-order chi connectivity index (χ0) is 14.7. The summed E-state index contributed by atoms with van der Waals surface area (Å²) in [5.74, 6) is 0.340. The molecule has 1 aromatic rings. The van der Waals surface area contributed by atoms with Crippen molar-refractivity contribution in [3.63, 3.8) is 0 Å². The van der Waals surface area contributed by atoms with Crippen molar-refractivity contribution in [2.24, 2.45) is 0 Å². The first-order chi connectivity index (χ1) is 10.2. The van der Waals surface area contributed by atoms with E-state index in [4.69, 9.17) is 0 Å². The molecule has 0 unspecified atom stereocenters. The van der Waals surface area contributed by atoms with Crippen LogP contribution in [-0.4, -0.2) is 47.9 Å². The van der Waals surface area contributed by atoms with E-state index in [0.717, 1.165) is 38.8 Å². The highest BCUT2D eigenvalue weighted by Gasteiger charge is 2.43. The maximum absolute atomic E-state index is 11.9. The summed E-state index contributed by atoms with van der Waals surface area (Å²) in [5.41, 5.74) is 1.59. The summed E-state index contributed by atoms with van der Waals surface area (Å²) in [4.78, 5) is 16.5. The lowest BCUT2D eigenvalue weighted by molar-refractivity contribution is -0.129. The highest BCUT2D eigenvalue weighted by Crippen LogP contribution is 2.37. The number of nitrogens with zero attached hydrogens (tertiary/aromatic N) is 2. The lowest BCUT2D eigenvalue weighted by atomic mass is 9.88. The van der Waals surface area contributed by atoms with Gasteiger partial charge < -0.3 is 9.80 Å². The van der Waals surface area contributed by atoms with Crippen LogP contribution >= 0.6 is 0 Å². The number of carbonyl (C=O) groups is 1. The molecule has 2 heterocycles. The molecular formula is C18H26N2O. The fraction of sp³-hybridized carbons (Fsp3) is 0.611. The first-order valence-electron chi connectivity index (χ1n) is 8.23. The Kier molecular flexibility index (Phi) is 4.29. The fourth-order valence-electron chi connectivity index (χ4n) is 3.92. The van der Waals surface area contributed by atoms with Gasteiger partial charge in [0.05, 0.1) is 0 Å². The van der Waals surface area contributed by atoms with Crippen LogP contribution in [0.15, 0.2) is 30.3 Å². The summed E-state index contributed by atoms with van der Waals surface area (Å²) in [6.45, 7) is 3.44. The molecule has 114 valence electrons. The van der Waals surface area contributed by atoms with Crippen molar-refractivity contribution < 1.29 is 4.79 Å². The molecule has 2 aliphatic rings. The van der Waals surface area contributed by atoms with E-state index in [0.29, 0.717) is 5.91 Å². The van der Waals surface area contributed by atoms with Gasteiger partial charge in [-0.1, -0.05) is 30.3 Å². The molecule has 0 saturated carbocycles. The molecule has 1 amide bonds. The van der Waals surface area contributed by atoms with E-state index in [1.165, 1.54) is 24.9 Å². The molecule has 1 atom stereocenters. The number of hydrogen-bond acceptors (Lipinski definition) is 2. The van der Waals surface area contributed by atoms with Gasteiger partial charge in [0.25, 0.3) is 0 Å². The highest BCUT2D eigenvalue weighted by atomic mass is 16.2. The molecule has 0 radical (unpaired) electrons. The lowest BCUT2D eigenvalue weighted by Gasteiger charge is -2.35. The molecule has 0 aromatic heterocycles. The predicted molar refractivity (Wildman–Crippen MR) is 85.2 cm³/mol. The second-order valence-corrected chi connectivity index (χ2v) is 6.61. The zero-order valence-corrected chi connectivity index (χ0v) is 13.1. The number of amides is 1. The summed E-state index contributed by atoms with van der Waals surface area (Å²) in [6, 6.07) is 10.7. The molecule has 2 fully saturated rings. The second-order valence-electron chi connectivity index (χ2n) is 6.61. The van der Waals surface area contributed by atoms with E-state index < -0.39 is 0 Å². The minimum atomic E-state index is 0.165. The Morgan fingerprint density at radius 2 is 1.90 bits per heavy atom. The average molecular weight is 286 g/mol. The molecule has 1 aromatic carbocycles. The average Bonchev–Trinajstić information content (AvgIpc) is 2.69. The van der Waals surface area contributed by atoms with Gasteiger partial charge in [-0.15, -0.1) is 0 Å². The third-order valence-electron chi connectivity index (χ3n) is 5.46. The van der Waals surface area contributed by atoms with E-state index in [-0.39, 0.29) is 5.54 Å². The summed E-state index contributed by atoms with van der Waals surface area (Å²) in [6.07, 6.45) is 6.48. The van der Waals surface area contributed by atoms with Crippen molar-refractivity contribution in [2.45, 2.75) is 44.1 Å². The monoisotopic (exact) mass is 286 g/mol. The van der Waals surface area contributed by atoms with Crippen molar-refractivity contribution in [1.29, 1.82) is 0 Å². The van der Waals surface area contributed by atoms with E-state index >= 15 is 0 Å². The van der Waals surface area contributed by atoms with Crippen molar-refractivity contribution in [3.05, 3.63) is 35.9 Å². The van der Waals surface area contributed by atoms with Gasteiger partial charge >= 0.3 is 0 Å². The number of rotatable bonds is 3. The predicted octanol–water partition coefficient (Wildman–Crippen LogP) is 2.71. The topological polar surface area (TPSA) is 23.6 Å². The number of benzene rings is 1. The van der Waals surface area contributed by atoms with E-state index in [9.17, 15) is 4.79 Å². The Labute approximate surface area is 127 Å². The smallest absolute Gasteiger partial charge is 0.222 e. The Morgan fingerprint density at radius 1 is 1.10 bits per heavy atom. The van der Waals surface area contributed by atoms with Gasteiger partial charge in [0, 0.05) is 32.1 Å². The van der Waals surface area contributed by atoms with E-state index in [1.807, 2.05) is 11.9 Å². The normalized spacial score (nSPS) is 27.3. The number of hydrogen-bond donors (Lipinski definition) is 0. The van der Waals surface area contributed by atoms with Gasteiger partial charge in [0.1, 0.15) is 0 Å². The first-order valence-corrected chi connectivity index (χ1v) is 8.23. The summed E-state index contributed by atoms with van der Waals surface area (Å²) >= 11 is 0. The zero-order valence-electron chi connectivity index (χ0n) is 13.1. The molecule has 1 spiro atoms. The maximum atomic E-state index is 11.9. The molecular weight excluding hydrogens is 260 g/mol. The molecule has 3 heteroatoms. The van der Waals surface area contributed by atoms with Crippen LogP contribution in [0.3, 0.4) is 0 Å². The lowest BCUT2D eigenvalue weighted by Crippen LogP contribution is -2.43. The third kappa shape index (κ3) is 3.13. The van der Waals surface area contributed by atoms with Gasteiger partial charge in [-0.2, -0.15) is 0 Å². The van der Waals surface area contributed by atoms with Crippen LogP contribution in [0.5, 0.6) is 0 Å². The van der Waals surface area contributed by atoms with Crippen LogP contribution in [-0.2, 0) is 11.2 Å². The number of carbonyl (C=O) groups excluding carboxylic acids is 1. The van der Waals surface area contributed by atoms with Gasteiger partial charge in [-0.05, 0) is 44.2 Å². The summed E-state index contributed by atoms with van der Waals surface area (Å²) in [5, 5.41) is 0. The minimum absolute atomic E-state index is 0.165. The quantitative estimate of drug-likeness (QED) is 0.853. The van der Waals surface area contributed by atoms with Crippen LogP contribution in [0.4, 0.5) is 0 Å². The van der Waals surface area contributed by atoms with Crippen LogP contribution in [0.25, 0.3) is 0 Å². The molecule has 0 aliphatic carbocycles. The van der Waals surface area contributed by atoms with Crippen LogP contribution in [0, 0.1) is 0 Å². The Bertz CT molecular complexity index is 487. The minimum Gasteiger partial charge on any atom is -0.340 e. The highest BCUT2D eigenvalue weighted by molar-refractivity contribution is 5.79. The standard InChI is InChI=1S/C18H26N2O/c1-19-17(21)8-11-18(19)10-5-13-20(15-12-18)14-9-16-6-3-2-4-7-16/h2-4,6-7H,5,8-15H2,1H3/t18-/m0/s1. The third-order valence-corrected chi connectivity index (χ3v) is 5.46. The number of likely N-dealkylation sites (tertiary alicyclic amines) is 2. The Morgan fingerprint density at radius 3 is 2.62 bits per heavy atom. The van der Waals surface area contributed by atoms with Crippen molar-refractivity contribution >= 4 is 5.91 Å². The van der Waals surface area contributed by atoms with Crippen LogP contribution in [0.2, 0.25) is 0 Å². The maximum Gasteiger partial charge on any atom is 0.222 e. The molecule has 21 heavy (non-hydrogen) atoms. The first kappa shape index (κ1) is 14.6. The molecule has 2 saturated heterocycles. The van der Waals surface area contributed by atoms with E-state index in [1.54, 1.807) is 0 Å². The van der Waals surface area contributed by atoms with Crippen LogP contribution < -0.4 is 0 Å². The van der Waals surface area contributed by atoms with Gasteiger partial charge in [0.2, 0.25) is 5.91 Å². The largest absolute Gasteiger partial charge is 0.340 e. The van der Waals surface area contributed by atoms with Crippen molar-refractivity contribution in [3.8, 4) is 0 Å². The van der Waals surface area contributed by atoms with Gasteiger partial charge in [0.15, 0.2) is 0 Å². The second kappa shape index (κ2) is 6.18. The summed E-state index contributed by atoms with van der Waals surface area (Å²) in [7, 11) is 2.01. The van der Waals surface area contributed by atoms with Crippen molar-refractivity contribution in [1.82, 2.24) is 9.80 Å². The van der Waals surface area contributed by atoms with Crippen molar-refractivity contribution in [2.75, 3.05) is 26.7 Å². The molecule has 0 N–H and O–H groups in total. The molecule has 3 nitrogen and oxygen atoms in total. The van der Waals surface area contributed by atoms with Gasteiger partial charge in [-0.3, -0.25) is 4.79 Å². The van der Waals surface area contributed by atoms with E-state index in [2.05, 4.69) is 35.2 Å². The molecule has 3 rings (SSSR count). The van der Waals surface area contributed by atoms with Gasteiger partial charge in [-0.25, -0.2) is 0 Å². The Balaban J connectivity index is 1.55. The fourth-order valence-corrected chi connectivity index (χ4v) is 3.92. The molecule has 0 bridgehead atoms. The SMILES string of the molecule is CN1C(=O)CC[C@]12CCCN(CCc1ccccc1)CC2. The summed E-state index contributed by atoms with van der Waals surface area (Å²) < 4.78 is 0. The van der Waals surface area contributed by atoms with Crippen LogP contribution in [0.1, 0.15) is 37.7 Å². The Hall–Kier alpha value is -1.35. The molecule has 2 aliphatic heterocycles.